The molecule has 2 atom stereocenters. The maximum absolute atomic E-state index is 5.85. The van der Waals surface area contributed by atoms with E-state index in [1.165, 1.54) is 31.2 Å². The first-order valence-electron chi connectivity index (χ1n) is 6.65. The molecule has 1 aliphatic rings. The highest BCUT2D eigenvalue weighted by molar-refractivity contribution is 5.14. The van der Waals surface area contributed by atoms with E-state index >= 15 is 0 Å². The minimum atomic E-state index is 0.431. The number of aryl methyl sites for hydroxylation is 1. The van der Waals surface area contributed by atoms with Crippen molar-refractivity contribution in [3.8, 4) is 0 Å². The summed E-state index contributed by atoms with van der Waals surface area (Å²) in [7, 11) is 0. The van der Waals surface area contributed by atoms with Gasteiger partial charge in [-0.05, 0) is 43.6 Å². The zero-order valence-electron chi connectivity index (χ0n) is 10.5. The molecule has 0 bridgehead atoms. The van der Waals surface area contributed by atoms with Gasteiger partial charge in [0.1, 0.15) is 0 Å². The molecule has 0 aromatic heterocycles. The Hall–Kier alpha value is -1.08. The predicted molar refractivity (Wildman–Crippen MR) is 72.0 cm³/mol. The third kappa shape index (κ3) is 4.01. The molecule has 0 saturated carbocycles. The van der Waals surface area contributed by atoms with Gasteiger partial charge in [-0.15, -0.1) is 6.58 Å². The van der Waals surface area contributed by atoms with Crippen molar-refractivity contribution in [3.63, 3.8) is 0 Å². The summed E-state index contributed by atoms with van der Waals surface area (Å²) in [6.07, 6.45) is 8.35. The molecule has 1 nitrogen and oxygen atoms in total. The maximum Gasteiger partial charge on any atom is 0.0609 e. The Balaban J connectivity index is 1.70. The fourth-order valence-corrected chi connectivity index (χ4v) is 2.48. The molecule has 1 heteroatoms. The van der Waals surface area contributed by atoms with E-state index in [1.54, 1.807) is 0 Å². The van der Waals surface area contributed by atoms with Crippen LogP contribution in [0.15, 0.2) is 43.0 Å². The van der Waals surface area contributed by atoms with Crippen LogP contribution in [0.25, 0.3) is 0 Å². The van der Waals surface area contributed by atoms with Crippen LogP contribution in [-0.4, -0.2) is 12.7 Å². The lowest BCUT2D eigenvalue weighted by Crippen LogP contribution is -2.25. The molecular formula is C16H22O. The minimum Gasteiger partial charge on any atom is -0.378 e. The summed E-state index contributed by atoms with van der Waals surface area (Å²) in [6, 6.07) is 10.7. The second kappa shape index (κ2) is 6.61. The molecule has 0 unspecified atom stereocenters. The molecule has 1 aromatic carbocycles. The van der Waals surface area contributed by atoms with E-state index < -0.39 is 0 Å². The number of hydrogen-bond donors (Lipinski definition) is 0. The molecule has 0 amide bonds. The molecule has 1 saturated heterocycles. The van der Waals surface area contributed by atoms with E-state index in [9.17, 15) is 0 Å². The van der Waals surface area contributed by atoms with E-state index in [-0.39, 0.29) is 0 Å². The van der Waals surface area contributed by atoms with Crippen molar-refractivity contribution in [3.05, 3.63) is 48.6 Å². The van der Waals surface area contributed by atoms with Crippen LogP contribution in [0.3, 0.4) is 0 Å². The molecule has 17 heavy (non-hydrogen) atoms. The van der Waals surface area contributed by atoms with Crippen molar-refractivity contribution in [1.29, 1.82) is 0 Å². The van der Waals surface area contributed by atoms with Crippen LogP contribution in [0, 0.1) is 5.92 Å². The van der Waals surface area contributed by atoms with Gasteiger partial charge in [0.2, 0.25) is 0 Å². The maximum atomic E-state index is 5.85. The van der Waals surface area contributed by atoms with Crippen LogP contribution in [-0.2, 0) is 11.2 Å². The van der Waals surface area contributed by atoms with Gasteiger partial charge in [0.15, 0.2) is 0 Å². The van der Waals surface area contributed by atoms with Crippen molar-refractivity contribution >= 4 is 0 Å². The Labute approximate surface area is 104 Å². The zero-order valence-corrected chi connectivity index (χ0v) is 10.5. The Morgan fingerprint density at radius 1 is 1.24 bits per heavy atom. The number of rotatable bonds is 5. The topological polar surface area (TPSA) is 9.23 Å². The van der Waals surface area contributed by atoms with E-state index in [2.05, 4.69) is 36.9 Å². The summed E-state index contributed by atoms with van der Waals surface area (Å²) in [4.78, 5) is 0. The highest BCUT2D eigenvalue weighted by Crippen LogP contribution is 2.24. The van der Waals surface area contributed by atoms with Crippen LogP contribution in [0.4, 0.5) is 0 Å². The second-order valence-corrected chi connectivity index (χ2v) is 4.95. The summed E-state index contributed by atoms with van der Waals surface area (Å²) >= 11 is 0. The van der Waals surface area contributed by atoms with Gasteiger partial charge in [0.05, 0.1) is 6.10 Å². The SMILES string of the molecule is C=CC[C@@H]1CC[C@H](CCc2ccccc2)CO1. The van der Waals surface area contributed by atoms with E-state index in [0.717, 1.165) is 18.9 Å². The molecule has 92 valence electrons. The minimum absolute atomic E-state index is 0.431. The van der Waals surface area contributed by atoms with Gasteiger partial charge >= 0.3 is 0 Å². The van der Waals surface area contributed by atoms with E-state index in [1.807, 2.05) is 6.08 Å². The Bertz CT molecular complexity index is 323. The van der Waals surface area contributed by atoms with E-state index in [4.69, 9.17) is 4.74 Å². The fraction of sp³-hybridized carbons (Fsp3) is 0.500. The summed E-state index contributed by atoms with van der Waals surface area (Å²) in [5.41, 5.74) is 1.45. The first-order chi connectivity index (χ1) is 8.38. The first kappa shape index (κ1) is 12.4. The summed E-state index contributed by atoms with van der Waals surface area (Å²) in [5.74, 6) is 0.747. The third-order valence-electron chi connectivity index (χ3n) is 3.58. The lowest BCUT2D eigenvalue weighted by Gasteiger charge is -2.28. The normalized spacial score (nSPS) is 24.5. The zero-order chi connectivity index (χ0) is 11.9. The summed E-state index contributed by atoms with van der Waals surface area (Å²) in [6.45, 7) is 4.71. The van der Waals surface area contributed by atoms with E-state index in [0.29, 0.717) is 6.10 Å². The largest absolute Gasteiger partial charge is 0.378 e. The van der Waals surface area contributed by atoms with Crippen LogP contribution < -0.4 is 0 Å². The number of ether oxygens (including phenoxy) is 1. The smallest absolute Gasteiger partial charge is 0.0609 e. The van der Waals surface area contributed by atoms with Crippen LogP contribution >= 0.6 is 0 Å². The van der Waals surface area contributed by atoms with Crippen LogP contribution in [0.1, 0.15) is 31.2 Å². The lowest BCUT2D eigenvalue weighted by atomic mass is 9.91. The Morgan fingerprint density at radius 3 is 2.71 bits per heavy atom. The molecule has 1 aliphatic heterocycles. The number of benzene rings is 1. The van der Waals surface area contributed by atoms with Crippen molar-refractivity contribution in [1.82, 2.24) is 0 Å². The quantitative estimate of drug-likeness (QED) is 0.695. The summed E-state index contributed by atoms with van der Waals surface area (Å²) in [5, 5.41) is 0. The highest BCUT2D eigenvalue weighted by atomic mass is 16.5. The molecule has 0 spiro atoms. The molecule has 1 aromatic rings. The van der Waals surface area contributed by atoms with Gasteiger partial charge in [0, 0.05) is 6.61 Å². The van der Waals surface area contributed by atoms with Gasteiger partial charge < -0.3 is 4.74 Å². The van der Waals surface area contributed by atoms with Gasteiger partial charge in [-0.3, -0.25) is 0 Å². The van der Waals surface area contributed by atoms with Gasteiger partial charge in [-0.2, -0.15) is 0 Å². The average molecular weight is 230 g/mol. The molecule has 2 rings (SSSR count). The first-order valence-corrected chi connectivity index (χ1v) is 6.65. The predicted octanol–water partition coefficient (Wildman–Crippen LogP) is 3.99. The molecule has 1 fully saturated rings. The van der Waals surface area contributed by atoms with Crippen LogP contribution in [0.2, 0.25) is 0 Å². The molecule has 0 aliphatic carbocycles. The van der Waals surface area contributed by atoms with Crippen molar-refractivity contribution in [2.75, 3.05) is 6.61 Å². The standard InChI is InChI=1S/C16H22O/c1-2-6-16-12-11-15(13-17-16)10-9-14-7-4-3-5-8-14/h2-5,7-8,15-16H,1,6,9-13H2/t15-,16+/m0/s1. The molecular weight excluding hydrogens is 208 g/mol. The monoisotopic (exact) mass is 230 g/mol. The average Bonchev–Trinajstić information content (AvgIpc) is 2.40. The molecule has 1 heterocycles. The molecule has 0 N–H and O–H groups in total. The van der Waals surface area contributed by atoms with Crippen molar-refractivity contribution < 1.29 is 4.74 Å². The van der Waals surface area contributed by atoms with Gasteiger partial charge in [0.25, 0.3) is 0 Å². The number of hydrogen-bond acceptors (Lipinski definition) is 1. The highest BCUT2D eigenvalue weighted by Gasteiger charge is 2.20. The molecule has 0 radical (unpaired) electrons. The van der Waals surface area contributed by atoms with Gasteiger partial charge in [-0.1, -0.05) is 36.4 Å². The fourth-order valence-electron chi connectivity index (χ4n) is 2.48. The van der Waals surface area contributed by atoms with Crippen LogP contribution in [0.5, 0.6) is 0 Å². The Morgan fingerprint density at radius 2 is 2.06 bits per heavy atom. The second-order valence-electron chi connectivity index (χ2n) is 4.95. The van der Waals surface area contributed by atoms with Crippen molar-refractivity contribution in [2.45, 2.75) is 38.2 Å². The third-order valence-corrected chi connectivity index (χ3v) is 3.58. The Kier molecular flexibility index (Phi) is 4.81. The van der Waals surface area contributed by atoms with Crippen molar-refractivity contribution in [2.24, 2.45) is 5.92 Å². The summed E-state index contributed by atoms with van der Waals surface area (Å²) < 4.78 is 5.85. The lowest BCUT2D eigenvalue weighted by molar-refractivity contribution is -0.0155. The van der Waals surface area contributed by atoms with Gasteiger partial charge in [-0.25, -0.2) is 0 Å².